The molecule has 0 saturated heterocycles. The van der Waals surface area contributed by atoms with Crippen LogP contribution in [0.2, 0.25) is 0 Å². The second-order valence-corrected chi connectivity index (χ2v) is 10.3. The lowest BCUT2D eigenvalue weighted by Gasteiger charge is -2.13. The van der Waals surface area contributed by atoms with Gasteiger partial charge in [-0.25, -0.2) is 0 Å². The van der Waals surface area contributed by atoms with E-state index in [0.717, 1.165) is 22.4 Å². The summed E-state index contributed by atoms with van der Waals surface area (Å²) in [4.78, 5) is 26.3. The molecular weight excluding hydrogens is 604 g/mol. The predicted molar refractivity (Wildman–Crippen MR) is 177 cm³/mol. The molecule has 4 aromatic rings. The van der Waals surface area contributed by atoms with Crippen molar-refractivity contribution in [3.05, 3.63) is 89.0 Å². The molecule has 47 heavy (non-hydrogen) atoms. The molecule has 1 amide bonds. The van der Waals surface area contributed by atoms with E-state index < -0.39 is 0 Å². The summed E-state index contributed by atoms with van der Waals surface area (Å²) in [5, 5.41) is 12.7. The molecule has 2 heterocycles. The number of amides is 1. The number of nitrogens with one attached hydrogen (secondary N) is 4. The van der Waals surface area contributed by atoms with Gasteiger partial charge in [-0.3, -0.25) is 4.79 Å². The van der Waals surface area contributed by atoms with Crippen molar-refractivity contribution >= 4 is 23.8 Å². The Morgan fingerprint density at radius 3 is 2.02 bits per heavy atom. The van der Waals surface area contributed by atoms with Crippen molar-refractivity contribution in [3.8, 4) is 17.2 Å². The lowest BCUT2D eigenvalue weighted by Crippen LogP contribution is -2.27. The number of nitrogens with two attached hydrogens (primary N) is 1. The molecule has 3 aromatic carbocycles. The van der Waals surface area contributed by atoms with E-state index in [0.29, 0.717) is 94.1 Å². The standard InChI is InChI=1S/C33H40N8O6/c1-43-27-11-7-24(8-12-27)20-37-32-39-31(40-33(41-32)38-21-26-3-2-4-28-29(26)47-22-46-28)36-19-23-5-9-25(10-6-23)30(42)35-14-16-45-18-17-44-15-13-34/h2-12H,13-22,34H2,1H3,(H,35,42)(H3,36,37,38,39,40,41). The lowest BCUT2D eigenvalue weighted by molar-refractivity contribution is 0.0511. The van der Waals surface area contributed by atoms with Crippen molar-refractivity contribution in [2.45, 2.75) is 19.6 Å². The van der Waals surface area contributed by atoms with Crippen molar-refractivity contribution in [2.75, 3.05) is 69.4 Å². The van der Waals surface area contributed by atoms with Crippen LogP contribution in [0, 0.1) is 0 Å². The number of ether oxygens (including phenoxy) is 5. The predicted octanol–water partition coefficient (Wildman–Crippen LogP) is 3.17. The van der Waals surface area contributed by atoms with Gasteiger partial charge in [0.1, 0.15) is 5.75 Å². The van der Waals surface area contributed by atoms with Crippen LogP contribution in [0.1, 0.15) is 27.0 Å². The number of hydrogen-bond acceptors (Lipinski definition) is 13. The third-order valence-corrected chi connectivity index (χ3v) is 6.99. The number of para-hydroxylation sites is 1. The number of carbonyl (C=O) groups is 1. The molecule has 0 bridgehead atoms. The number of nitrogens with zero attached hydrogens (tertiary/aromatic N) is 3. The fraction of sp³-hybridized carbons (Fsp3) is 0.333. The molecule has 14 nitrogen and oxygen atoms in total. The largest absolute Gasteiger partial charge is 0.497 e. The molecule has 0 radical (unpaired) electrons. The molecule has 0 saturated carbocycles. The van der Waals surface area contributed by atoms with Crippen LogP contribution in [0.3, 0.4) is 0 Å². The van der Waals surface area contributed by atoms with E-state index in [9.17, 15) is 4.79 Å². The average Bonchev–Trinajstić information content (AvgIpc) is 3.60. The monoisotopic (exact) mass is 644 g/mol. The Hall–Kier alpha value is -5.18. The van der Waals surface area contributed by atoms with Crippen molar-refractivity contribution < 1.29 is 28.5 Å². The number of fused-ring (bicyclic) bond motifs is 1. The van der Waals surface area contributed by atoms with E-state index in [-0.39, 0.29) is 12.7 Å². The first-order chi connectivity index (χ1) is 23.1. The Morgan fingerprint density at radius 2 is 1.38 bits per heavy atom. The van der Waals surface area contributed by atoms with Gasteiger partial charge in [-0.15, -0.1) is 0 Å². The summed E-state index contributed by atoms with van der Waals surface area (Å²) < 4.78 is 27.1. The lowest BCUT2D eigenvalue weighted by atomic mass is 10.1. The first kappa shape index (κ1) is 33.2. The summed E-state index contributed by atoms with van der Waals surface area (Å²) in [7, 11) is 1.64. The van der Waals surface area contributed by atoms with Crippen LogP contribution in [0.25, 0.3) is 0 Å². The van der Waals surface area contributed by atoms with Gasteiger partial charge in [0.25, 0.3) is 5.91 Å². The van der Waals surface area contributed by atoms with Gasteiger partial charge in [0.05, 0.1) is 33.5 Å². The number of benzene rings is 3. The Bertz CT molecular complexity index is 1570. The van der Waals surface area contributed by atoms with Crippen LogP contribution >= 0.6 is 0 Å². The number of hydrogen-bond donors (Lipinski definition) is 5. The summed E-state index contributed by atoms with van der Waals surface area (Å²) >= 11 is 0. The first-order valence-corrected chi connectivity index (χ1v) is 15.3. The van der Waals surface area contributed by atoms with Crippen LogP contribution in [-0.2, 0) is 29.1 Å². The number of rotatable bonds is 19. The minimum atomic E-state index is -0.172. The van der Waals surface area contributed by atoms with Crippen molar-refractivity contribution in [1.29, 1.82) is 0 Å². The van der Waals surface area contributed by atoms with Crippen LogP contribution in [0.4, 0.5) is 17.8 Å². The highest BCUT2D eigenvalue weighted by atomic mass is 16.7. The third-order valence-electron chi connectivity index (χ3n) is 6.99. The maximum absolute atomic E-state index is 12.5. The molecule has 0 aliphatic carbocycles. The van der Waals surface area contributed by atoms with Gasteiger partial charge in [-0.2, -0.15) is 15.0 Å². The third kappa shape index (κ3) is 10.2. The molecule has 0 atom stereocenters. The van der Waals surface area contributed by atoms with E-state index in [4.69, 9.17) is 29.4 Å². The Morgan fingerprint density at radius 1 is 0.766 bits per heavy atom. The highest BCUT2D eigenvalue weighted by Crippen LogP contribution is 2.35. The van der Waals surface area contributed by atoms with Crippen LogP contribution in [-0.4, -0.2) is 74.3 Å². The second kappa shape index (κ2) is 17.5. The molecule has 14 heteroatoms. The molecule has 1 aromatic heterocycles. The molecule has 1 aliphatic rings. The minimum absolute atomic E-state index is 0.172. The van der Waals surface area contributed by atoms with Crippen molar-refractivity contribution in [3.63, 3.8) is 0 Å². The number of anilines is 3. The topological polar surface area (TPSA) is 176 Å². The fourth-order valence-electron chi connectivity index (χ4n) is 4.54. The zero-order chi connectivity index (χ0) is 32.7. The maximum atomic E-state index is 12.5. The zero-order valence-electron chi connectivity index (χ0n) is 26.3. The van der Waals surface area contributed by atoms with E-state index in [1.165, 1.54) is 0 Å². The average molecular weight is 645 g/mol. The molecule has 1 aliphatic heterocycles. The van der Waals surface area contributed by atoms with Crippen molar-refractivity contribution in [2.24, 2.45) is 5.73 Å². The van der Waals surface area contributed by atoms with E-state index in [1.807, 2.05) is 54.6 Å². The van der Waals surface area contributed by atoms with Gasteiger partial charge in [0.15, 0.2) is 11.5 Å². The fourth-order valence-corrected chi connectivity index (χ4v) is 4.54. The molecule has 248 valence electrons. The van der Waals surface area contributed by atoms with E-state index in [2.05, 4.69) is 36.2 Å². The number of methoxy groups -OCH3 is 1. The Labute approximate surface area is 273 Å². The van der Waals surface area contributed by atoms with Gasteiger partial charge < -0.3 is 50.7 Å². The van der Waals surface area contributed by atoms with Gasteiger partial charge in [-0.05, 0) is 41.5 Å². The minimum Gasteiger partial charge on any atom is -0.497 e. The normalized spacial score (nSPS) is 11.6. The Balaban J connectivity index is 1.17. The second-order valence-electron chi connectivity index (χ2n) is 10.3. The Kier molecular flexibility index (Phi) is 12.4. The zero-order valence-corrected chi connectivity index (χ0v) is 26.3. The molecule has 0 unspecified atom stereocenters. The summed E-state index contributed by atoms with van der Waals surface area (Å²) in [6.45, 7) is 4.27. The first-order valence-electron chi connectivity index (χ1n) is 15.3. The molecule has 0 spiro atoms. The van der Waals surface area contributed by atoms with Gasteiger partial charge in [0, 0.05) is 43.9 Å². The molecule has 5 rings (SSSR count). The van der Waals surface area contributed by atoms with Gasteiger partial charge in [-0.1, -0.05) is 36.4 Å². The van der Waals surface area contributed by atoms with Gasteiger partial charge >= 0.3 is 0 Å². The van der Waals surface area contributed by atoms with Gasteiger partial charge in [0.2, 0.25) is 24.6 Å². The highest BCUT2D eigenvalue weighted by Gasteiger charge is 2.17. The summed E-state index contributed by atoms with van der Waals surface area (Å²) in [5.41, 5.74) is 8.84. The maximum Gasteiger partial charge on any atom is 0.251 e. The highest BCUT2D eigenvalue weighted by molar-refractivity contribution is 5.94. The van der Waals surface area contributed by atoms with Crippen LogP contribution in [0.5, 0.6) is 17.2 Å². The number of aromatic nitrogens is 3. The summed E-state index contributed by atoms with van der Waals surface area (Å²) in [6, 6.07) is 20.8. The summed E-state index contributed by atoms with van der Waals surface area (Å²) in [5.74, 6) is 3.20. The number of carbonyl (C=O) groups excluding carboxylic acids is 1. The van der Waals surface area contributed by atoms with Crippen LogP contribution in [0.15, 0.2) is 66.7 Å². The quantitative estimate of drug-likeness (QED) is 0.0942. The smallest absolute Gasteiger partial charge is 0.251 e. The van der Waals surface area contributed by atoms with Crippen molar-refractivity contribution in [1.82, 2.24) is 20.3 Å². The van der Waals surface area contributed by atoms with E-state index in [1.54, 1.807) is 19.2 Å². The van der Waals surface area contributed by atoms with Crippen LogP contribution < -0.4 is 41.2 Å². The molecular formula is C33H40N8O6. The molecule has 6 N–H and O–H groups in total. The SMILES string of the molecule is COc1ccc(CNc2nc(NCc3ccc(C(=O)NCCOCCOCCN)cc3)nc(NCc3cccc4c3OCO4)n2)cc1. The summed E-state index contributed by atoms with van der Waals surface area (Å²) in [6.07, 6.45) is 0. The van der Waals surface area contributed by atoms with E-state index >= 15 is 0 Å². The molecule has 0 fully saturated rings.